The number of hydrogen-bond donors (Lipinski definition) is 8. The van der Waals surface area contributed by atoms with Gasteiger partial charge in [-0.2, -0.15) is 0 Å². The molecule has 0 aromatic carbocycles. The Bertz CT molecular complexity index is 505. The van der Waals surface area contributed by atoms with Gasteiger partial charge in [-0.1, -0.05) is 0 Å². The molecule has 8 N–H and O–H groups in total. The maximum absolute atomic E-state index is 10.5. The van der Waals surface area contributed by atoms with E-state index in [4.69, 9.17) is 14.2 Å². The second-order valence-electron chi connectivity index (χ2n) is 5.71. The van der Waals surface area contributed by atoms with E-state index in [2.05, 4.69) is 0 Å². The largest absolute Gasteiger partial charge is 0.500 e. The molecule has 2 rings (SSSR count). The van der Waals surface area contributed by atoms with E-state index >= 15 is 0 Å². The standard InChI is InChI=1S/C13H20O12/c14-1-3(16)10-6(18)5(17)9(21)13(24-10)25-11-4(2-15)23-12(22)8(20)7(11)19/h4-13,15-22H,2H2/t4-,5+,6-,7-,8-,9-,10-,11-,12?,13+/m1/s1. The minimum atomic E-state index is -1.90. The minimum Gasteiger partial charge on any atom is -0.500 e. The van der Waals surface area contributed by atoms with Crippen molar-refractivity contribution in [1.29, 1.82) is 0 Å². The fourth-order valence-electron chi connectivity index (χ4n) is 2.63. The van der Waals surface area contributed by atoms with Crippen LogP contribution in [-0.2, 0) is 19.0 Å². The van der Waals surface area contributed by atoms with Crippen LogP contribution in [0.1, 0.15) is 0 Å². The lowest BCUT2D eigenvalue weighted by molar-refractivity contribution is -0.351. The van der Waals surface area contributed by atoms with E-state index in [9.17, 15) is 45.6 Å². The Balaban J connectivity index is 2.19. The van der Waals surface area contributed by atoms with Crippen molar-refractivity contribution in [2.75, 3.05) is 6.61 Å². The van der Waals surface area contributed by atoms with Gasteiger partial charge in [0.25, 0.3) is 0 Å². The van der Waals surface area contributed by atoms with Crippen LogP contribution in [0.2, 0.25) is 0 Å². The Labute approximate surface area is 140 Å². The predicted molar refractivity (Wildman–Crippen MR) is 73.4 cm³/mol. The summed E-state index contributed by atoms with van der Waals surface area (Å²) in [4.78, 5) is 10.5. The first kappa shape index (κ1) is 20.2. The van der Waals surface area contributed by atoms with Crippen molar-refractivity contribution in [3.8, 4) is 0 Å². The molecular weight excluding hydrogens is 348 g/mol. The third-order valence-corrected chi connectivity index (χ3v) is 4.07. The number of aliphatic hydroxyl groups excluding tert-OH is 8. The summed E-state index contributed by atoms with van der Waals surface area (Å²) in [5, 5.41) is 77.1. The van der Waals surface area contributed by atoms with E-state index in [0.29, 0.717) is 0 Å². The van der Waals surface area contributed by atoms with Crippen LogP contribution < -0.4 is 0 Å². The van der Waals surface area contributed by atoms with Crippen LogP contribution in [-0.4, -0.2) is 115 Å². The van der Waals surface area contributed by atoms with E-state index in [0.717, 1.165) is 5.94 Å². The first-order valence-electron chi connectivity index (χ1n) is 7.32. The Kier molecular flexibility index (Phi) is 6.48. The van der Waals surface area contributed by atoms with Crippen molar-refractivity contribution >= 4 is 5.94 Å². The molecule has 0 aliphatic carbocycles. The highest BCUT2D eigenvalue weighted by molar-refractivity contribution is 5.50. The third kappa shape index (κ3) is 3.84. The third-order valence-electron chi connectivity index (χ3n) is 4.07. The lowest BCUT2D eigenvalue weighted by Gasteiger charge is -2.45. The molecule has 12 heteroatoms. The Morgan fingerprint density at radius 3 is 2.12 bits per heavy atom. The summed E-state index contributed by atoms with van der Waals surface area (Å²) in [5.74, 6) is -0.0277. The summed E-state index contributed by atoms with van der Waals surface area (Å²) >= 11 is 0. The first-order valence-corrected chi connectivity index (χ1v) is 7.32. The summed E-state index contributed by atoms with van der Waals surface area (Å²) < 4.78 is 15.1. The molecule has 0 spiro atoms. The Morgan fingerprint density at radius 1 is 0.920 bits per heavy atom. The van der Waals surface area contributed by atoms with Crippen LogP contribution in [0.3, 0.4) is 0 Å². The van der Waals surface area contributed by atoms with Crippen molar-refractivity contribution in [2.45, 2.75) is 61.4 Å². The number of aliphatic hydroxyl groups is 8. The average Bonchev–Trinajstić information content (AvgIpc) is 2.61. The van der Waals surface area contributed by atoms with Gasteiger partial charge in [0.05, 0.1) is 6.61 Å². The predicted octanol–water partition coefficient (Wildman–Crippen LogP) is -5.12. The van der Waals surface area contributed by atoms with E-state index in [1.165, 1.54) is 0 Å². The zero-order valence-electron chi connectivity index (χ0n) is 12.7. The van der Waals surface area contributed by atoms with Gasteiger partial charge in [-0.15, -0.1) is 0 Å². The van der Waals surface area contributed by atoms with Crippen molar-refractivity contribution in [3.63, 3.8) is 0 Å². The van der Waals surface area contributed by atoms with Crippen LogP contribution >= 0.6 is 0 Å². The van der Waals surface area contributed by atoms with Crippen LogP contribution in [0.25, 0.3) is 0 Å². The van der Waals surface area contributed by atoms with Gasteiger partial charge in [0.2, 0.25) is 5.76 Å². The highest BCUT2D eigenvalue weighted by atomic mass is 16.7. The lowest BCUT2D eigenvalue weighted by atomic mass is 9.96. The van der Waals surface area contributed by atoms with Crippen molar-refractivity contribution < 1.29 is 59.9 Å². The molecule has 2 heterocycles. The van der Waals surface area contributed by atoms with Gasteiger partial charge >= 0.3 is 0 Å². The maximum atomic E-state index is 10.5. The van der Waals surface area contributed by atoms with Crippen molar-refractivity contribution in [3.05, 3.63) is 5.76 Å². The Morgan fingerprint density at radius 2 is 1.56 bits per heavy atom. The van der Waals surface area contributed by atoms with Gasteiger partial charge in [0.1, 0.15) is 42.7 Å². The van der Waals surface area contributed by atoms with Gasteiger partial charge in [-0.25, -0.2) is 4.79 Å². The maximum Gasteiger partial charge on any atom is 0.209 e. The molecule has 2 fully saturated rings. The normalized spacial score (nSPS) is 48.0. The molecule has 12 nitrogen and oxygen atoms in total. The number of hydrogen-bond acceptors (Lipinski definition) is 12. The Hall–Kier alpha value is -1.15. The second kappa shape index (κ2) is 8.03. The van der Waals surface area contributed by atoms with Gasteiger partial charge < -0.3 is 55.1 Å². The summed E-state index contributed by atoms with van der Waals surface area (Å²) in [6, 6.07) is 0. The molecule has 0 aromatic heterocycles. The number of carbonyl (C=O) groups excluding carboxylic acids is 1. The molecule has 144 valence electrons. The monoisotopic (exact) mass is 368 g/mol. The molecule has 25 heavy (non-hydrogen) atoms. The fraction of sp³-hybridized carbons (Fsp3) is 0.846. The average molecular weight is 368 g/mol. The zero-order valence-corrected chi connectivity index (χ0v) is 12.7. The molecule has 0 aromatic rings. The molecule has 2 saturated heterocycles. The van der Waals surface area contributed by atoms with Crippen LogP contribution in [0.4, 0.5) is 0 Å². The van der Waals surface area contributed by atoms with E-state index in [1.54, 1.807) is 0 Å². The molecule has 2 aliphatic rings. The van der Waals surface area contributed by atoms with Crippen LogP contribution in [0.5, 0.6) is 0 Å². The van der Waals surface area contributed by atoms with Gasteiger partial charge in [-0.05, 0) is 0 Å². The van der Waals surface area contributed by atoms with Gasteiger partial charge in [0, 0.05) is 0 Å². The fourth-order valence-corrected chi connectivity index (χ4v) is 2.63. The summed E-state index contributed by atoms with van der Waals surface area (Å²) in [5.41, 5.74) is 0. The molecule has 10 atom stereocenters. The molecule has 0 amide bonds. The summed E-state index contributed by atoms with van der Waals surface area (Å²) in [6.45, 7) is -0.748. The minimum absolute atomic E-state index is 0.748. The van der Waals surface area contributed by atoms with Crippen molar-refractivity contribution in [1.82, 2.24) is 0 Å². The summed E-state index contributed by atoms with van der Waals surface area (Å²) in [7, 11) is 0. The van der Waals surface area contributed by atoms with E-state index in [-0.39, 0.29) is 0 Å². The molecule has 0 bridgehead atoms. The second-order valence-corrected chi connectivity index (χ2v) is 5.71. The highest BCUT2D eigenvalue weighted by Crippen LogP contribution is 2.29. The smallest absolute Gasteiger partial charge is 0.209 e. The van der Waals surface area contributed by atoms with Crippen LogP contribution in [0.15, 0.2) is 5.76 Å². The number of ether oxygens (including phenoxy) is 3. The quantitative estimate of drug-likeness (QED) is 0.173. The molecule has 2 aliphatic heterocycles. The van der Waals surface area contributed by atoms with Crippen molar-refractivity contribution in [2.24, 2.45) is 0 Å². The van der Waals surface area contributed by atoms with Gasteiger partial charge in [-0.3, -0.25) is 0 Å². The topological polar surface area (TPSA) is 207 Å². The molecule has 0 radical (unpaired) electrons. The van der Waals surface area contributed by atoms with E-state index in [1.807, 2.05) is 0 Å². The van der Waals surface area contributed by atoms with Crippen LogP contribution in [0, 0.1) is 0 Å². The molecule has 0 saturated carbocycles. The highest BCUT2D eigenvalue weighted by Gasteiger charge is 2.51. The SMILES string of the molecule is O=C=C(O)[C@H]1O[C@@H](O[C@H]2[C@H](O)[C@@H](O)C(O)O[C@@H]2CO)[C@H](O)[C@@H](O)[C@H]1O. The summed E-state index contributed by atoms with van der Waals surface area (Å²) in [6.07, 6.45) is -17.4. The first-order chi connectivity index (χ1) is 11.7. The van der Waals surface area contributed by atoms with Gasteiger partial charge in [0.15, 0.2) is 24.6 Å². The molecular formula is C13H20O12. The zero-order chi connectivity index (χ0) is 18.9. The van der Waals surface area contributed by atoms with E-state index < -0.39 is 73.8 Å². The lowest BCUT2D eigenvalue weighted by Crippen LogP contribution is -2.64. The molecule has 1 unspecified atom stereocenters. The number of rotatable bonds is 4.